The molecular weight excluding hydrogens is 316 g/mol. The van der Waals surface area contributed by atoms with Crippen LogP contribution in [-0.2, 0) is 4.79 Å². The topological polar surface area (TPSA) is 67.4 Å². The van der Waals surface area contributed by atoms with Crippen molar-refractivity contribution in [2.24, 2.45) is 0 Å². The molecule has 0 bridgehead atoms. The highest BCUT2D eigenvalue weighted by Gasteiger charge is 2.31. The number of para-hydroxylation sites is 1. The SMILES string of the molecule is CNc1cc([C@H]2CCCN2C(=O)CCOc2ccccc2)nc(C)n1. The van der Waals surface area contributed by atoms with Crippen LogP contribution in [0.25, 0.3) is 0 Å². The number of hydrogen-bond acceptors (Lipinski definition) is 5. The second kappa shape index (κ2) is 7.96. The number of rotatable bonds is 6. The summed E-state index contributed by atoms with van der Waals surface area (Å²) in [6.07, 6.45) is 2.30. The number of benzene rings is 1. The van der Waals surface area contributed by atoms with E-state index >= 15 is 0 Å². The minimum Gasteiger partial charge on any atom is -0.493 e. The molecule has 0 spiro atoms. The minimum atomic E-state index is 0.0259. The monoisotopic (exact) mass is 340 g/mol. The molecule has 1 fully saturated rings. The Morgan fingerprint density at radius 1 is 1.32 bits per heavy atom. The van der Waals surface area contributed by atoms with E-state index < -0.39 is 0 Å². The quantitative estimate of drug-likeness (QED) is 0.876. The smallest absolute Gasteiger partial charge is 0.226 e. The van der Waals surface area contributed by atoms with Crippen molar-refractivity contribution >= 4 is 11.7 Å². The van der Waals surface area contributed by atoms with Gasteiger partial charge in [0.25, 0.3) is 0 Å². The van der Waals surface area contributed by atoms with E-state index in [-0.39, 0.29) is 11.9 Å². The molecule has 3 rings (SSSR count). The van der Waals surface area contributed by atoms with Crippen LogP contribution >= 0.6 is 0 Å². The molecule has 0 unspecified atom stereocenters. The first-order valence-electron chi connectivity index (χ1n) is 8.68. The fourth-order valence-electron chi connectivity index (χ4n) is 3.18. The number of amides is 1. The van der Waals surface area contributed by atoms with Gasteiger partial charge in [-0.3, -0.25) is 4.79 Å². The number of nitrogens with zero attached hydrogens (tertiary/aromatic N) is 3. The van der Waals surface area contributed by atoms with Gasteiger partial charge in [0.05, 0.1) is 24.8 Å². The molecule has 2 aromatic rings. The Labute approximate surface area is 148 Å². The summed E-state index contributed by atoms with van der Waals surface area (Å²) in [5.41, 5.74) is 0.909. The van der Waals surface area contributed by atoms with Gasteiger partial charge in [-0.25, -0.2) is 9.97 Å². The van der Waals surface area contributed by atoms with E-state index in [4.69, 9.17) is 4.74 Å². The van der Waals surface area contributed by atoms with Crippen LogP contribution in [-0.4, -0.2) is 41.0 Å². The van der Waals surface area contributed by atoms with E-state index in [0.29, 0.717) is 18.9 Å². The first kappa shape index (κ1) is 17.2. The zero-order valence-corrected chi connectivity index (χ0v) is 14.7. The third kappa shape index (κ3) is 4.26. The molecular formula is C19H24N4O2. The van der Waals surface area contributed by atoms with Gasteiger partial charge in [0.1, 0.15) is 17.4 Å². The van der Waals surface area contributed by atoms with Gasteiger partial charge in [0, 0.05) is 19.7 Å². The van der Waals surface area contributed by atoms with Crippen LogP contribution in [0, 0.1) is 6.92 Å². The van der Waals surface area contributed by atoms with Crippen LogP contribution in [0.3, 0.4) is 0 Å². The highest BCUT2D eigenvalue weighted by atomic mass is 16.5. The Balaban J connectivity index is 1.62. The summed E-state index contributed by atoms with van der Waals surface area (Å²) in [5, 5.41) is 3.05. The van der Waals surface area contributed by atoms with E-state index in [9.17, 15) is 4.79 Å². The first-order valence-corrected chi connectivity index (χ1v) is 8.68. The van der Waals surface area contributed by atoms with Crippen molar-refractivity contribution in [3.8, 4) is 5.75 Å². The third-order valence-electron chi connectivity index (χ3n) is 4.36. The Hall–Kier alpha value is -2.63. The average Bonchev–Trinajstić information content (AvgIpc) is 3.12. The first-order chi connectivity index (χ1) is 12.2. The second-order valence-corrected chi connectivity index (χ2v) is 6.13. The van der Waals surface area contributed by atoms with Crippen molar-refractivity contribution < 1.29 is 9.53 Å². The van der Waals surface area contributed by atoms with E-state index in [1.165, 1.54) is 0 Å². The number of aromatic nitrogens is 2. The van der Waals surface area contributed by atoms with Gasteiger partial charge >= 0.3 is 0 Å². The van der Waals surface area contributed by atoms with Crippen molar-refractivity contribution in [1.29, 1.82) is 0 Å². The van der Waals surface area contributed by atoms with Crippen LogP contribution in [0.1, 0.15) is 36.8 Å². The van der Waals surface area contributed by atoms with Gasteiger partial charge in [0.15, 0.2) is 0 Å². The van der Waals surface area contributed by atoms with Crippen LogP contribution in [0.2, 0.25) is 0 Å². The average molecular weight is 340 g/mol. The molecule has 1 amide bonds. The number of nitrogens with one attached hydrogen (secondary N) is 1. The fourth-order valence-corrected chi connectivity index (χ4v) is 3.18. The number of likely N-dealkylation sites (tertiary alicyclic amines) is 1. The number of anilines is 1. The van der Waals surface area contributed by atoms with Gasteiger partial charge in [0.2, 0.25) is 5.91 Å². The predicted octanol–water partition coefficient (Wildman–Crippen LogP) is 2.96. The number of hydrogen-bond donors (Lipinski definition) is 1. The molecule has 0 aliphatic carbocycles. The molecule has 1 saturated heterocycles. The van der Waals surface area contributed by atoms with Gasteiger partial charge in [-0.15, -0.1) is 0 Å². The summed E-state index contributed by atoms with van der Waals surface area (Å²) < 4.78 is 5.65. The Bertz CT molecular complexity index is 721. The maximum atomic E-state index is 12.6. The van der Waals surface area contributed by atoms with Gasteiger partial charge < -0.3 is 15.0 Å². The van der Waals surface area contributed by atoms with Crippen LogP contribution in [0.15, 0.2) is 36.4 Å². The Kier molecular flexibility index (Phi) is 5.48. The summed E-state index contributed by atoms with van der Waals surface area (Å²) in [6.45, 7) is 3.03. The molecule has 1 aromatic carbocycles. The summed E-state index contributed by atoms with van der Waals surface area (Å²) in [6, 6.07) is 11.5. The zero-order valence-electron chi connectivity index (χ0n) is 14.7. The van der Waals surface area contributed by atoms with Crippen LogP contribution in [0.5, 0.6) is 5.75 Å². The second-order valence-electron chi connectivity index (χ2n) is 6.13. The van der Waals surface area contributed by atoms with Crippen molar-refractivity contribution in [3.63, 3.8) is 0 Å². The summed E-state index contributed by atoms with van der Waals surface area (Å²) in [5.74, 6) is 2.40. The van der Waals surface area contributed by atoms with E-state index in [1.807, 2.05) is 55.3 Å². The fraction of sp³-hybridized carbons (Fsp3) is 0.421. The standard InChI is InChI=1S/C19H24N4O2/c1-14-21-16(13-18(20-2)22-14)17-9-6-11-23(17)19(24)10-12-25-15-7-4-3-5-8-15/h3-5,7-8,13,17H,6,9-12H2,1-2H3,(H,20,21,22)/t17-/m1/s1. The third-order valence-corrected chi connectivity index (χ3v) is 4.36. The maximum absolute atomic E-state index is 12.6. The number of carbonyl (C=O) groups is 1. The highest BCUT2D eigenvalue weighted by molar-refractivity contribution is 5.77. The Morgan fingerprint density at radius 2 is 2.12 bits per heavy atom. The molecule has 1 N–H and O–H groups in total. The molecule has 0 radical (unpaired) electrons. The van der Waals surface area contributed by atoms with Crippen molar-refractivity contribution in [2.45, 2.75) is 32.2 Å². The lowest BCUT2D eigenvalue weighted by Crippen LogP contribution is -2.32. The lowest BCUT2D eigenvalue weighted by molar-refractivity contribution is -0.132. The molecule has 25 heavy (non-hydrogen) atoms. The highest BCUT2D eigenvalue weighted by Crippen LogP contribution is 2.32. The molecule has 1 atom stereocenters. The van der Waals surface area contributed by atoms with Gasteiger partial charge in [-0.1, -0.05) is 18.2 Å². The molecule has 1 aliphatic rings. The van der Waals surface area contributed by atoms with Crippen LogP contribution < -0.4 is 10.1 Å². The molecule has 0 saturated carbocycles. The molecule has 2 heterocycles. The van der Waals surface area contributed by atoms with Gasteiger partial charge in [-0.2, -0.15) is 0 Å². The lowest BCUT2D eigenvalue weighted by Gasteiger charge is -2.25. The maximum Gasteiger partial charge on any atom is 0.226 e. The molecule has 6 heteroatoms. The van der Waals surface area contributed by atoms with Crippen molar-refractivity contribution in [1.82, 2.24) is 14.9 Å². The number of ether oxygens (including phenoxy) is 1. The van der Waals surface area contributed by atoms with E-state index in [0.717, 1.165) is 36.6 Å². The molecule has 1 aliphatic heterocycles. The Morgan fingerprint density at radius 3 is 2.88 bits per heavy atom. The number of carbonyl (C=O) groups excluding carboxylic acids is 1. The molecule has 6 nitrogen and oxygen atoms in total. The van der Waals surface area contributed by atoms with E-state index in [1.54, 1.807) is 0 Å². The van der Waals surface area contributed by atoms with Crippen LogP contribution in [0.4, 0.5) is 5.82 Å². The normalized spacial score (nSPS) is 16.7. The molecule has 1 aromatic heterocycles. The molecule has 132 valence electrons. The summed E-state index contributed by atoms with van der Waals surface area (Å²) in [4.78, 5) is 23.5. The number of aryl methyl sites for hydroxylation is 1. The van der Waals surface area contributed by atoms with Crippen molar-refractivity contribution in [3.05, 3.63) is 47.9 Å². The van der Waals surface area contributed by atoms with Gasteiger partial charge in [-0.05, 0) is 31.9 Å². The summed E-state index contributed by atoms with van der Waals surface area (Å²) in [7, 11) is 1.84. The van der Waals surface area contributed by atoms with Crippen molar-refractivity contribution in [2.75, 3.05) is 25.5 Å². The van der Waals surface area contributed by atoms with E-state index in [2.05, 4.69) is 15.3 Å². The largest absolute Gasteiger partial charge is 0.493 e. The minimum absolute atomic E-state index is 0.0259. The summed E-state index contributed by atoms with van der Waals surface area (Å²) >= 11 is 0. The zero-order chi connectivity index (χ0) is 17.6. The predicted molar refractivity (Wildman–Crippen MR) is 96.6 cm³/mol. The lowest BCUT2D eigenvalue weighted by atomic mass is 10.1.